The summed E-state index contributed by atoms with van der Waals surface area (Å²) < 4.78 is 2.43. The third-order valence-corrected chi connectivity index (χ3v) is 10.9. The third-order valence-electron chi connectivity index (χ3n) is 10.9. The van der Waals surface area contributed by atoms with E-state index in [0.29, 0.717) is 12.6 Å². The van der Waals surface area contributed by atoms with Crippen molar-refractivity contribution in [2.45, 2.75) is 251 Å². The second-order valence-corrected chi connectivity index (χ2v) is 15.5. The molecule has 1 amide bonds. The van der Waals surface area contributed by atoms with Crippen molar-refractivity contribution in [3.63, 3.8) is 0 Å². The van der Waals surface area contributed by atoms with Crippen molar-refractivity contribution in [1.82, 2.24) is 10.6 Å². The Labute approximate surface area is 302 Å². The summed E-state index contributed by atoms with van der Waals surface area (Å²) in [5, 5.41) is 6.83. The minimum atomic E-state index is 0.243. The van der Waals surface area contributed by atoms with E-state index in [1.54, 1.807) is 0 Å². The first kappa shape index (κ1) is 45.1. The highest BCUT2D eigenvalue weighted by molar-refractivity contribution is 5.75. The molecule has 0 saturated carbocycles. The maximum atomic E-state index is 12.3. The SMILES string of the molecule is CCCCCCCCCCCCCCCCCCCC(=O)NCC[N+]1=CCNC1CCCCCCCCCCCCCCCCCCC. The lowest BCUT2D eigenvalue weighted by atomic mass is 10.0. The molecule has 1 rings (SSSR count). The Morgan fingerprint density at radius 3 is 1.23 bits per heavy atom. The first-order valence-electron chi connectivity index (χ1n) is 22.4. The van der Waals surface area contributed by atoms with Gasteiger partial charge in [-0.05, 0) is 12.8 Å². The smallest absolute Gasteiger partial charge is 0.220 e. The highest BCUT2D eigenvalue weighted by atomic mass is 16.1. The predicted octanol–water partition coefficient (Wildman–Crippen LogP) is 13.2. The molecule has 1 aliphatic rings. The number of hydrogen-bond acceptors (Lipinski definition) is 2. The predicted molar refractivity (Wildman–Crippen MR) is 214 cm³/mol. The van der Waals surface area contributed by atoms with E-state index in [0.717, 1.165) is 26.1 Å². The van der Waals surface area contributed by atoms with Crippen LogP contribution in [0.5, 0.6) is 0 Å². The van der Waals surface area contributed by atoms with Gasteiger partial charge in [-0.3, -0.25) is 4.79 Å². The Morgan fingerprint density at radius 1 is 0.521 bits per heavy atom. The zero-order chi connectivity index (χ0) is 34.4. The fraction of sp³-hybridized carbons (Fsp3) is 0.955. The summed E-state index contributed by atoms with van der Waals surface area (Å²) in [6, 6.07) is 0. The first-order valence-corrected chi connectivity index (χ1v) is 22.4. The van der Waals surface area contributed by atoms with Crippen molar-refractivity contribution in [3.05, 3.63) is 0 Å². The maximum Gasteiger partial charge on any atom is 0.220 e. The lowest BCUT2D eigenvalue weighted by Crippen LogP contribution is -2.37. The van der Waals surface area contributed by atoms with Crippen LogP contribution in [0.4, 0.5) is 0 Å². The second kappa shape index (κ2) is 37.4. The van der Waals surface area contributed by atoms with Crippen LogP contribution >= 0.6 is 0 Å². The molecule has 0 fully saturated rings. The van der Waals surface area contributed by atoms with Gasteiger partial charge in [-0.25, -0.2) is 9.89 Å². The molecule has 0 aromatic rings. The number of carbonyl (C=O) groups is 1. The zero-order valence-electron chi connectivity index (χ0n) is 33.1. The number of rotatable bonds is 39. The molecule has 4 nitrogen and oxygen atoms in total. The summed E-state index contributed by atoms with van der Waals surface area (Å²) in [4.78, 5) is 12.3. The van der Waals surface area contributed by atoms with Crippen LogP contribution in [0.1, 0.15) is 245 Å². The molecule has 0 aromatic carbocycles. The lowest BCUT2D eigenvalue weighted by molar-refractivity contribution is -0.558. The first-order chi connectivity index (χ1) is 23.8. The molecule has 0 aromatic heterocycles. The van der Waals surface area contributed by atoms with Crippen molar-refractivity contribution < 1.29 is 9.37 Å². The van der Waals surface area contributed by atoms with Crippen molar-refractivity contribution in [1.29, 1.82) is 0 Å². The summed E-state index contributed by atoms with van der Waals surface area (Å²) in [5.41, 5.74) is 0. The monoisotopic (exact) mass is 675 g/mol. The standard InChI is InChI=1S/C44H87N3O/c1-3-5-7-9-11-13-15-17-19-21-23-25-27-29-31-33-35-37-43-45-39-41-47(43)42-40-46-44(48)38-36-34-32-30-28-26-24-22-20-18-16-14-12-10-8-6-4-2/h41,43,45H,3-40,42H2,1-2H3/p+1. The average molecular weight is 675 g/mol. The minimum Gasteiger partial charge on any atom is -0.350 e. The Balaban J connectivity index is 1.82. The molecule has 284 valence electrons. The summed E-state index contributed by atoms with van der Waals surface area (Å²) in [6.45, 7) is 7.27. The van der Waals surface area contributed by atoms with Crippen molar-refractivity contribution in [2.24, 2.45) is 0 Å². The van der Waals surface area contributed by atoms with Gasteiger partial charge < -0.3 is 5.32 Å². The van der Waals surface area contributed by atoms with Gasteiger partial charge >= 0.3 is 0 Å². The Hall–Kier alpha value is -0.900. The Kier molecular flexibility index (Phi) is 35.1. The van der Waals surface area contributed by atoms with E-state index in [9.17, 15) is 4.79 Å². The maximum absolute atomic E-state index is 12.3. The molecule has 48 heavy (non-hydrogen) atoms. The number of nitrogens with zero attached hydrogens (tertiary/aromatic N) is 1. The van der Waals surface area contributed by atoms with Gasteiger partial charge in [0, 0.05) is 12.8 Å². The fourth-order valence-electron chi connectivity index (χ4n) is 7.55. The van der Waals surface area contributed by atoms with E-state index in [1.807, 2.05) is 0 Å². The average Bonchev–Trinajstić information content (AvgIpc) is 3.54. The van der Waals surface area contributed by atoms with Gasteiger partial charge in [0.25, 0.3) is 0 Å². The van der Waals surface area contributed by atoms with Crippen LogP contribution in [0.15, 0.2) is 0 Å². The van der Waals surface area contributed by atoms with E-state index < -0.39 is 0 Å². The number of amides is 1. The number of hydrogen-bond donors (Lipinski definition) is 2. The minimum absolute atomic E-state index is 0.243. The van der Waals surface area contributed by atoms with Crippen LogP contribution in [-0.2, 0) is 4.79 Å². The molecule has 0 aliphatic carbocycles. The van der Waals surface area contributed by atoms with Crippen molar-refractivity contribution >= 4 is 12.1 Å². The van der Waals surface area contributed by atoms with Crippen LogP contribution in [0.3, 0.4) is 0 Å². The van der Waals surface area contributed by atoms with Crippen LogP contribution < -0.4 is 10.6 Å². The van der Waals surface area contributed by atoms with E-state index in [-0.39, 0.29) is 5.91 Å². The number of unbranched alkanes of at least 4 members (excludes halogenated alkanes) is 32. The second-order valence-electron chi connectivity index (χ2n) is 15.5. The molecule has 4 heteroatoms. The molecule has 1 unspecified atom stereocenters. The van der Waals surface area contributed by atoms with E-state index in [1.165, 1.54) is 218 Å². The van der Waals surface area contributed by atoms with Gasteiger partial charge in [0.1, 0.15) is 0 Å². The normalized spacial score (nSPS) is 14.5. The summed E-state index contributed by atoms with van der Waals surface area (Å²) >= 11 is 0. The van der Waals surface area contributed by atoms with Gasteiger partial charge in [0.15, 0.2) is 12.8 Å². The van der Waals surface area contributed by atoms with Gasteiger partial charge in [-0.15, -0.1) is 0 Å². The van der Waals surface area contributed by atoms with E-state index in [4.69, 9.17) is 0 Å². The Morgan fingerprint density at radius 2 is 0.854 bits per heavy atom. The molecule has 1 atom stereocenters. The molecular formula is C44H88N3O+. The quantitative estimate of drug-likeness (QED) is 0.0503. The highest BCUT2D eigenvalue weighted by Gasteiger charge is 2.24. The molecule has 1 heterocycles. The van der Waals surface area contributed by atoms with Crippen LogP contribution in [0.2, 0.25) is 0 Å². The van der Waals surface area contributed by atoms with Crippen LogP contribution in [0.25, 0.3) is 0 Å². The summed E-state index contributed by atoms with van der Waals surface area (Å²) in [7, 11) is 0. The molecule has 2 N–H and O–H groups in total. The van der Waals surface area contributed by atoms with E-state index in [2.05, 4.69) is 35.3 Å². The molecule has 0 saturated heterocycles. The zero-order valence-corrected chi connectivity index (χ0v) is 33.1. The third kappa shape index (κ3) is 31.1. The van der Waals surface area contributed by atoms with Crippen LogP contribution in [0, 0.1) is 0 Å². The molecule has 0 radical (unpaired) electrons. The van der Waals surface area contributed by atoms with Crippen molar-refractivity contribution in [2.75, 3.05) is 19.6 Å². The Bertz CT molecular complexity index is 693. The van der Waals surface area contributed by atoms with Gasteiger partial charge in [-0.1, -0.05) is 219 Å². The fourth-order valence-corrected chi connectivity index (χ4v) is 7.55. The van der Waals surface area contributed by atoms with Crippen molar-refractivity contribution in [3.8, 4) is 0 Å². The molecule has 0 bridgehead atoms. The summed E-state index contributed by atoms with van der Waals surface area (Å²) in [6.07, 6.45) is 52.4. The largest absolute Gasteiger partial charge is 0.350 e. The van der Waals surface area contributed by atoms with E-state index >= 15 is 0 Å². The lowest BCUT2D eigenvalue weighted by Gasteiger charge is -2.12. The molecule has 1 aliphatic heterocycles. The van der Waals surface area contributed by atoms with Gasteiger partial charge in [-0.2, -0.15) is 0 Å². The topological polar surface area (TPSA) is 44.1 Å². The van der Waals surface area contributed by atoms with Crippen LogP contribution in [-0.4, -0.2) is 42.5 Å². The highest BCUT2D eigenvalue weighted by Crippen LogP contribution is 2.16. The molecular weight excluding hydrogens is 587 g/mol. The molecule has 0 spiro atoms. The number of nitrogens with one attached hydrogen (secondary N) is 2. The number of carbonyl (C=O) groups excluding carboxylic acids is 1. The summed E-state index contributed by atoms with van der Waals surface area (Å²) in [5.74, 6) is 0.243. The van der Waals surface area contributed by atoms with Gasteiger partial charge in [0.05, 0.1) is 13.1 Å². The van der Waals surface area contributed by atoms with Gasteiger partial charge in [0.2, 0.25) is 12.1 Å².